The third-order valence-corrected chi connectivity index (χ3v) is 10.4. The minimum absolute atomic E-state index is 0.301. The van der Waals surface area contributed by atoms with Crippen LogP contribution in [-0.2, 0) is 4.79 Å². The second-order valence-electron chi connectivity index (χ2n) is 10.4. The molecule has 0 aliphatic heterocycles. The molecule has 0 N–H and O–H groups in total. The van der Waals surface area contributed by atoms with Crippen LogP contribution in [0.15, 0.2) is 0 Å². The molecule has 2 heteroatoms. The molecule has 8 atom stereocenters. The van der Waals surface area contributed by atoms with Gasteiger partial charge in [0.1, 0.15) is 5.78 Å². The first-order valence-corrected chi connectivity index (χ1v) is 13.2. The first-order valence-electron chi connectivity index (χ1n) is 12.0. The lowest BCUT2D eigenvalue weighted by Gasteiger charge is -2.62. The molecule has 4 saturated carbocycles. The van der Waals surface area contributed by atoms with Crippen LogP contribution < -0.4 is 0 Å². The molecule has 0 radical (unpaired) electrons. The van der Waals surface area contributed by atoms with E-state index in [1.54, 1.807) is 0 Å². The molecule has 4 aliphatic carbocycles. The number of hydrogen-bond acceptors (Lipinski definition) is 1. The minimum atomic E-state index is 0.301. The van der Waals surface area contributed by atoms with Gasteiger partial charge in [0, 0.05) is 5.92 Å². The van der Waals surface area contributed by atoms with Crippen molar-refractivity contribution in [3.05, 3.63) is 0 Å². The fourth-order valence-corrected chi connectivity index (χ4v) is 8.99. The normalized spacial score (nSPS) is 48.5. The van der Waals surface area contributed by atoms with Crippen molar-refractivity contribution in [3.63, 3.8) is 0 Å². The molecule has 27 heavy (non-hydrogen) atoms. The molecule has 0 aromatic carbocycles. The third-order valence-electron chi connectivity index (χ3n) is 9.81. The highest BCUT2D eigenvalue weighted by atomic mass is 79.9. The molecule has 0 saturated heterocycles. The van der Waals surface area contributed by atoms with E-state index in [0.717, 1.165) is 36.0 Å². The van der Waals surface area contributed by atoms with E-state index in [9.17, 15) is 4.79 Å². The minimum Gasteiger partial charge on any atom is -0.298 e. The molecule has 4 fully saturated rings. The lowest BCUT2D eigenvalue weighted by molar-refractivity contribution is -0.138. The summed E-state index contributed by atoms with van der Waals surface area (Å²) in [5, 5.41) is 0.562. The Morgan fingerprint density at radius 3 is 2.41 bits per heavy atom. The van der Waals surface area contributed by atoms with Gasteiger partial charge in [-0.1, -0.05) is 57.0 Å². The molecule has 0 amide bonds. The van der Waals surface area contributed by atoms with Crippen LogP contribution in [0.3, 0.4) is 0 Å². The lowest BCUT2D eigenvalue weighted by Crippen LogP contribution is -2.54. The Morgan fingerprint density at radius 2 is 1.74 bits per heavy atom. The predicted molar refractivity (Wildman–Crippen MR) is 119 cm³/mol. The summed E-state index contributed by atoms with van der Waals surface area (Å²) in [5.41, 5.74) is 0.948. The molecule has 4 rings (SSSR count). The van der Waals surface area contributed by atoms with Gasteiger partial charge in [0.25, 0.3) is 0 Å². The molecular weight excluding hydrogens is 396 g/mol. The molecular formula is C25H43BrO. The summed E-state index contributed by atoms with van der Waals surface area (Å²) in [6.07, 6.45) is 14.0. The first kappa shape index (κ1) is 21.8. The zero-order valence-corrected chi connectivity index (χ0v) is 20.1. The summed E-state index contributed by atoms with van der Waals surface area (Å²) in [5.74, 6) is 5.45. The average molecular weight is 440 g/mol. The van der Waals surface area contributed by atoms with Crippen molar-refractivity contribution in [1.82, 2.24) is 0 Å². The highest BCUT2D eigenvalue weighted by Crippen LogP contribution is 2.68. The zero-order valence-electron chi connectivity index (χ0n) is 18.5. The summed E-state index contributed by atoms with van der Waals surface area (Å²) < 4.78 is 0. The summed E-state index contributed by atoms with van der Waals surface area (Å²) >= 11 is 3.46. The Bertz CT molecular complexity index is 530. The van der Waals surface area contributed by atoms with Crippen molar-refractivity contribution in [3.8, 4) is 0 Å². The van der Waals surface area contributed by atoms with E-state index in [1.807, 2.05) is 13.8 Å². The largest absolute Gasteiger partial charge is 0.298 e. The number of carbonyl (C=O) groups is 1. The van der Waals surface area contributed by atoms with Crippen LogP contribution in [0.25, 0.3) is 0 Å². The smallest absolute Gasteiger partial charge is 0.147 e. The van der Waals surface area contributed by atoms with Gasteiger partial charge >= 0.3 is 0 Å². The Hall–Kier alpha value is 0.150. The summed E-state index contributed by atoms with van der Waals surface area (Å²) in [7, 11) is 0. The van der Waals surface area contributed by atoms with Crippen LogP contribution in [0, 0.1) is 46.3 Å². The average Bonchev–Trinajstić information content (AvgIpc) is 3.05. The van der Waals surface area contributed by atoms with Crippen molar-refractivity contribution in [2.75, 3.05) is 5.33 Å². The van der Waals surface area contributed by atoms with Crippen LogP contribution in [-0.4, -0.2) is 11.1 Å². The first-order chi connectivity index (χ1) is 13.0. The van der Waals surface area contributed by atoms with E-state index in [1.165, 1.54) is 57.8 Å². The van der Waals surface area contributed by atoms with E-state index in [-0.39, 0.29) is 0 Å². The molecule has 156 valence electrons. The molecule has 0 aromatic rings. The van der Waals surface area contributed by atoms with Gasteiger partial charge in [-0.05, 0) is 98.2 Å². The van der Waals surface area contributed by atoms with Gasteiger partial charge in [0.15, 0.2) is 0 Å². The van der Waals surface area contributed by atoms with Crippen molar-refractivity contribution >= 4 is 21.7 Å². The van der Waals surface area contributed by atoms with Crippen molar-refractivity contribution in [2.45, 2.75) is 98.8 Å². The van der Waals surface area contributed by atoms with Crippen LogP contribution in [0.4, 0.5) is 0 Å². The van der Waals surface area contributed by atoms with Gasteiger partial charge in [0.2, 0.25) is 0 Å². The number of halogens is 1. The van der Waals surface area contributed by atoms with E-state index >= 15 is 0 Å². The molecule has 1 nitrogen and oxygen atoms in total. The number of hydrogen-bond donors (Lipinski definition) is 0. The standard InChI is InChI=1S/C23H37BrO.C2H6/c1-4-23-12-9-15(2)13-16(23)5-6-17-18-7-8-20(21(25)14-24)22(18,3)11-10-19(17)23;1-2/h15-20H,4-14H2,1-3H3;1-2H3. The van der Waals surface area contributed by atoms with Crippen molar-refractivity contribution < 1.29 is 4.79 Å². The fraction of sp³-hybridized carbons (Fsp3) is 0.960. The van der Waals surface area contributed by atoms with Gasteiger partial charge in [-0.15, -0.1) is 0 Å². The number of fused-ring (bicyclic) bond motifs is 5. The van der Waals surface area contributed by atoms with Crippen molar-refractivity contribution in [2.24, 2.45) is 46.3 Å². The van der Waals surface area contributed by atoms with Gasteiger partial charge in [0.05, 0.1) is 5.33 Å². The number of ketones is 1. The molecule has 0 heterocycles. The number of Topliss-reactive ketones (excluding diaryl/α,β-unsaturated/α-hetero) is 1. The maximum Gasteiger partial charge on any atom is 0.147 e. The SMILES string of the molecule is CC.CCC12CCC(C)CC1CCC1C3CCC(C(=O)CBr)C3(C)CCC12. The Balaban J connectivity index is 0.00000102. The topological polar surface area (TPSA) is 17.1 Å². The Labute approximate surface area is 177 Å². The molecule has 0 spiro atoms. The summed E-state index contributed by atoms with van der Waals surface area (Å²) in [4.78, 5) is 12.6. The van der Waals surface area contributed by atoms with Crippen LogP contribution in [0.1, 0.15) is 98.8 Å². The predicted octanol–water partition coefficient (Wildman–Crippen LogP) is 7.66. The monoisotopic (exact) mass is 438 g/mol. The molecule has 4 aliphatic rings. The van der Waals surface area contributed by atoms with Crippen LogP contribution >= 0.6 is 15.9 Å². The van der Waals surface area contributed by atoms with Gasteiger partial charge < -0.3 is 0 Å². The van der Waals surface area contributed by atoms with Crippen molar-refractivity contribution in [1.29, 1.82) is 0 Å². The second-order valence-corrected chi connectivity index (χ2v) is 11.0. The van der Waals surface area contributed by atoms with E-state index in [0.29, 0.717) is 27.9 Å². The maximum atomic E-state index is 12.6. The lowest BCUT2D eigenvalue weighted by atomic mass is 9.43. The van der Waals surface area contributed by atoms with E-state index in [4.69, 9.17) is 0 Å². The number of rotatable bonds is 3. The Morgan fingerprint density at radius 1 is 1.00 bits per heavy atom. The molecule has 8 unspecified atom stereocenters. The second kappa shape index (κ2) is 8.49. The maximum absolute atomic E-state index is 12.6. The highest BCUT2D eigenvalue weighted by molar-refractivity contribution is 9.09. The fourth-order valence-electron chi connectivity index (χ4n) is 8.60. The van der Waals surface area contributed by atoms with E-state index < -0.39 is 0 Å². The summed E-state index contributed by atoms with van der Waals surface area (Å²) in [6, 6.07) is 0. The molecule has 0 aromatic heterocycles. The van der Waals surface area contributed by atoms with Crippen LogP contribution in [0.5, 0.6) is 0 Å². The van der Waals surface area contributed by atoms with Gasteiger partial charge in [-0.25, -0.2) is 0 Å². The van der Waals surface area contributed by atoms with Crippen LogP contribution in [0.2, 0.25) is 0 Å². The summed E-state index contributed by atoms with van der Waals surface area (Å²) in [6.45, 7) is 11.5. The van der Waals surface area contributed by atoms with Gasteiger partial charge in [-0.2, -0.15) is 0 Å². The number of alkyl halides is 1. The third kappa shape index (κ3) is 3.38. The van der Waals surface area contributed by atoms with E-state index in [2.05, 4.69) is 36.7 Å². The zero-order chi connectivity index (χ0) is 19.8. The Kier molecular flexibility index (Phi) is 6.87. The number of carbonyl (C=O) groups excluding carboxylic acids is 1. The van der Waals surface area contributed by atoms with Gasteiger partial charge in [-0.3, -0.25) is 4.79 Å². The molecule has 0 bridgehead atoms. The highest BCUT2D eigenvalue weighted by Gasteiger charge is 2.61. The quantitative estimate of drug-likeness (QED) is 0.413.